The van der Waals surface area contributed by atoms with Gasteiger partial charge in [0.05, 0.1) is 12.6 Å². The maximum Gasteiger partial charge on any atom is 0.401 e. The van der Waals surface area contributed by atoms with E-state index in [1.54, 1.807) is 0 Å². The summed E-state index contributed by atoms with van der Waals surface area (Å²) < 4.78 is 35.3. The van der Waals surface area contributed by atoms with Crippen LogP contribution in [-0.2, 0) is 9.59 Å². The van der Waals surface area contributed by atoms with Crippen LogP contribution in [0.2, 0.25) is 0 Å². The van der Waals surface area contributed by atoms with E-state index in [0.717, 1.165) is 0 Å². The minimum absolute atomic E-state index is 0.0707. The molecule has 0 radical (unpaired) electrons. The number of hydrogen-bond donors (Lipinski definition) is 2. The number of carbonyl (C=O) groups excluding carboxylic acids is 2. The average Bonchev–Trinajstić information content (AvgIpc) is 2.00. The molecule has 7 heteroatoms. The maximum atomic E-state index is 11.8. The van der Waals surface area contributed by atoms with E-state index in [-0.39, 0.29) is 12.8 Å². The van der Waals surface area contributed by atoms with Crippen molar-refractivity contribution in [2.45, 2.75) is 25.1 Å². The van der Waals surface area contributed by atoms with Gasteiger partial charge in [0.15, 0.2) is 0 Å². The van der Waals surface area contributed by atoms with Crippen LogP contribution in [0.3, 0.4) is 0 Å². The normalized spacial score (nSPS) is 23.5. The number of alkyl halides is 3. The van der Waals surface area contributed by atoms with Crippen LogP contribution >= 0.6 is 0 Å². The van der Waals surface area contributed by atoms with Gasteiger partial charge in [-0.2, -0.15) is 13.2 Å². The minimum atomic E-state index is -4.35. The first-order chi connectivity index (χ1) is 6.38. The molecule has 1 saturated heterocycles. The molecule has 2 amide bonds. The Morgan fingerprint density at radius 1 is 1.43 bits per heavy atom. The summed E-state index contributed by atoms with van der Waals surface area (Å²) in [6, 6.07) is -0.922. The smallest absolute Gasteiger partial charge is 0.298 e. The monoisotopic (exact) mass is 210 g/mol. The van der Waals surface area contributed by atoms with E-state index in [1.165, 1.54) is 0 Å². The van der Waals surface area contributed by atoms with E-state index in [4.69, 9.17) is 0 Å². The van der Waals surface area contributed by atoms with Crippen LogP contribution in [0.5, 0.6) is 0 Å². The van der Waals surface area contributed by atoms with Crippen LogP contribution in [-0.4, -0.2) is 30.6 Å². The summed E-state index contributed by atoms with van der Waals surface area (Å²) in [7, 11) is 0. The van der Waals surface area contributed by atoms with E-state index in [1.807, 2.05) is 10.6 Å². The van der Waals surface area contributed by atoms with E-state index in [0.29, 0.717) is 0 Å². The van der Waals surface area contributed by atoms with Crippen molar-refractivity contribution < 1.29 is 22.8 Å². The highest BCUT2D eigenvalue weighted by Gasteiger charge is 2.32. The molecule has 1 heterocycles. The molecule has 1 rings (SSSR count). The fraction of sp³-hybridized carbons (Fsp3) is 0.714. The Morgan fingerprint density at radius 2 is 2.07 bits per heavy atom. The summed E-state index contributed by atoms with van der Waals surface area (Å²) in [4.78, 5) is 21.6. The topological polar surface area (TPSA) is 58.2 Å². The molecule has 1 atom stereocenters. The highest BCUT2D eigenvalue weighted by atomic mass is 19.4. The van der Waals surface area contributed by atoms with Crippen LogP contribution < -0.4 is 10.6 Å². The highest BCUT2D eigenvalue weighted by Crippen LogP contribution is 2.14. The quantitative estimate of drug-likeness (QED) is 0.628. The van der Waals surface area contributed by atoms with Gasteiger partial charge >= 0.3 is 6.18 Å². The van der Waals surface area contributed by atoms with Gasteiger partial charge < -0.3 is 0 Å². The van der Waals surface area contributed by atoms with Gasteiger partial charge in [0.25, 0.3) is 0 Å². The summed E-state index contributed by atoms with van der Waals surface area (Å²) in [5.74, 6) is -1.13. The summed E-state index contributed by atoms with van der Waals surface area (Å²) in [6.45, 7) is -1.22. The highest BCUT2D eigenvalue weighted by molar-refractivity contribution is 6.00. The number of imide groups is 1. The molecule has 0 aromatic carbocycles. The first-order valence-corrected chi connectivity index (χ1v) is 4.02. The number of amides is 2. The van der Waals surface area contributed by atoms with E-state index in [2.05, 4.69) is 0 Å². The molecule has 0 bridgehead atoms. The zero-order chi connectivity index (χ0) is 10.8. The fourth-order valence-corrected chi connectivity index (χ4v) is 1.13. The third kappa shape index (κ3) is 3.33. The van der Waals surface area contributed by atoms with Crippen molar-refractivity contribution in [3.63, 3.8) is 0 Å². The SMILES string of the molecule is O=C1CCC(NCC(F)(F)F)C(=O)N1. The number of hydrogen-bond acceptors (Lipinski definition) is 3. The zero-order valence-electron chi connectivity index (χ0n) is 7.15. The lowest BCUT2D eigenvalue weighted by atomic mass is 10.1. The Hall–Kier alpha value is -1.11. The maximum absolute atomic E-state index is 11.8. The summed E-state index contributed by atoms with van der Waals surface area (Å²) in [5, 5.41) is 4.00. The Kier molecular flexibility index (Phi) is 3.10. The number of rotatable bonds is 2. The van der Waals surface area contributed by atoms with E-state index >= 15 is 0 Å². The standard InChI is InChI=1S/C7H9F3N2O2/c8-7(9,10)3-11-4-1-2-5(13)12-6(4)14/h4,11H,1-3H2,(H,12,13,14). The summed E-state index contributed by atoms with van der Waals surface area (Å²) in [6.07, 6.45) is -4.16. The van der Waals surface area contributed by atoms with Crippen molar-refractivity contribution in [1.29, 1.82) is 0 Å². The predicted molar refractivity (Wildman–Crippen MR) is 40.2 cm³/mol. The lowest BCUT2D eigenvalue weighted by Gasteiger charge is -2.22. The molecule has 80 valence electrons. The third-order valence-corrected chi connectivity index (χ3v) is 1.79. The zero-order valence-corrected chi connectivity index (χ0v) is 7.15. The van der Waals surface area contributed by atoms with Crippen molar-refractivity contribution >= 4 is 11.8 Å². The molecule has 1 unspecified atom stereocenters. The Balaban J connectivity index is 2.39. The molecule has 0 saturated carbocycles. The third-order valence-electron chi connectivity index (χ3n) is 1.79. The second-order valence-corrected chi connectivity index (χ2v) is 3.00. The lowest BCUT2D eigenvalue weighted by Crippen LogP contribution is -2.52. The molecule has 1 aliphatic heterocycles. The predicted octanol–water partition coefficient (Wildman–Crippen LogP) is -0.0565. The molecule has 14 heavy (non-hydrogen) atoms. The van der Waals surface area contributed by atoms with Gasteiger partial charge in [-0.05, 0) is 6.42 Å². The van der Waals surface area contributed by atoms with Gasteiger partial charge in [0, 0.05) is 6.42 Å². The Labute approximate surface area is 77.8 Å². The minimum Gasteiger partial charge on any atom is -0.298 e. The van der Waals surface area contributed by atoms with Gasteiger partial charge in [-0.3, -0.25) is 20.2 Å². The van der Waals surface area contributed by atoms with E-state index in [9.17, 15) is 22.8 Å². The Bertz CT molecular complexity index is 252. The van der Waals surface area contributed by atoms with Gasteiger partial charge in [-0.1, -0.05) is 0 Å². The number of piperidine rings is 1. The first kappa shape index (κ1) is 11.0. The van der Waals surface area contributed by atoms with Crippen LogP contribution in [0.15, 0.2) is 0 Å². The molecule has 1 fully saturated rings. The molecular weight excluding hydrogens is 201 g/mol. The van der Waals surface area contributed by atoms with Gasteiger partial charge in [0.2, 0.25) is 11.8 Å². The molecular formula is C7H9F3N2O2. The molecule has 0 aliphatic carbocycles. The van der Waals surface area contributed by atoms with Gasteiger partial charge in [0.1, 0.15) is 0 Å². The van der Waals surface area contributed by atoms with Gasteiger partial charge in [-0.25, -0.2) is 0 Å². The van der Waals surface area contributed by atoms with Gasteiger partial charge in [-0.15, -0.1) is 0 Å². The second-order valence-electron chi connectivity index (χ2n) is 3.00. The van der Waals surface area contributed by atoms with Crippen LogP contribution in [0.25, 0.3) is 0 Å². The molecule has 0 aromatic rings. The number of halogens is 3. The van der Waals surface area contributed by atoms with Crippen LogP contribution in [0, 0.1) is 0 Å². The van der Waals surface area contributed by atoms with Crippen molar-refractivity contribution in [3.8, 4) is 0 Å². The molecule has 2 N–H and O–H groups in total. The second kappa shape index (κ2) is 3.95. The van der Waals surface area contributed by atoms with Crippen LogP contribution in [0.4, 0.5) is 13.2 Å². The van der Waals surface area contributed by atoms with E-state index < -0.39 is 30.6 Å². The summed E-state index contributed by atoms with van der Waals surface area (Å²) in [5.41, 5.74) is 0. The van der Waals surface area contributed by atoms with Crippen molar-refractivity contribution in [2.75, 3.05) is 6.54 Å². The van der Waals surface area contributed by atoms with Crippen molar-refractivity contribution in [1.82, 2.24) is 10.6 Å². The average molecular weight is 210 g/mol. The molecule has 0 spiro atoms. The summed E-state index contributed by atoms with van der Waals surface area (Å²) >= 11 is 0. The largest absolute Gasteiger partial charge is 0.401 e. The van der Waals surface area contributed by atoms with Crippen molar-refractivity contribution in [2.24, 2.45) is 0 Å². The Morgan fingerprint density at radius 3 is 2.57 bits per heavy atom. The van der Waals surface area contributed by atoms with Crippen LogP contribution in [0.1, 0.15) is 12.8 Å². The molecule has 0 aromatic heterocycles. The molecule has 1 aliphatic rings. The first-order valence-electron chi connectivity index (χ1n) is 4.02. The number of nitrogens with one attached hydrogen (secondary N) is 2. The molecule has 4 nitrogen and oxygen atoms in total. The number of carbonyl (C=O) groups is 2. The lowest BCUT2D eigenvalue weighted by molar-refractivity contribution is -0.138. The van der Waals surface area contributed by atoms with Crippen molar-refractivity contribution in [3.05, 3.63) is 0 Å². The fourth-order valence-electron chi connectivity index (χ4n) is 1.13.